The summed E-state index contributed by atoms with van der Waals surface area (Å²) in [6.45, 7) is 4.46. The zero-order chi connectivity index (χ0) is 18.9. The first-order valence-corrected chi connectivity index (χ1v) is 11.2. The van der Waals surface area contributed by atoms with Crippen molar-refractivity contribution in [3.63, 3.8) is 0 Å². The lowest BCUT2D eigenvalue weighted by atomic mass is 9.88. The van der Waals surface area contributed by atoms with Gasteiger partial charge in [-0.05, 0) is 37.7 Å². The van der Waals surface area contributed by atoms with Crippen LogP contribution in [0.4, 0.5) is 0 Å². The molecule has 0 heterocycles. The minimum atomic E-state index is 0.722. The zero-order valence-corrected chi connectivity index (χ0v) is 17.4. The lowest BCUT2D eigenvalue weighted by molar-refractivity contribution is 0.487. The summed E-state index contributed by atoms with van der Waals surface area (Å²) < 4.78 is 0. The van der Waals surface area contributed by atoms with Crippen molar-refractivity contribution in [1.29, 1.82) is 5.26 Å². The number of hydrogen-bond acceptors (Lipinski definition) is 1. The summed E-state index contributed by atoms with van der Waals surface area (Å²) in [5, 5.41) is 8.63. The first-order chi connectivity index (χ1) is 12.8. The molecule has 0 radical (unpaired) electrons. The van der Waals surface area contributed by atoms with Crippen molar-refractivity contribution >= 4 is 0 Å². The highest BCUT2D eigenvalue weighted by Crippen LogP contribution is 2.29. The van der Waals surface area contributed by atoms with Gasteiger partial charge in [0.05, 0.1) is 6.07 Å². The van der Waals surface area contributed by atoms with Gasteiger partial charge in [0, 0.05) is 6.42 Å². The van der Waals surface area contributed by atoms with Gasteiger partial charge in [0.2, 0.25) is 0 Å². The van der Waals surface area contributed by atoms with Crippen LogP contribution in [0.5, 0.6) is 0 Å². The minimum Gasteiger partial charge on any atom is -0.198 e. The van der Waals surface area contributed by atoms with Crippen molar-refractivity contribution < 1.29 is 0 Å². The SMILES string of the molecule is CCCCCCCCCC[C@@H](CCCCCCC#N)c1ccc(C)cc1. The molecule has 0 aromatic heterocycles. The van der Waals surface area contributed by atoms with Crippen molar-refractivity contribution in [3.8, 4) is 6.07 Å². The Morgan fingerprint density at radius 2 is 1.23 bits per heavy atom. The average molecular weight is 356 g/mol. The lowest BCUT2D eigenvalue weighted by Crippen LogP contribution is -2.00. The molecule has 26 heavy (non-hydrogen) atoms. The molecule has 0 fully saturated rings. The van der Waals surface area contributed by atoms with Crippen LogP contribution in [-0.2, 0) is 0 Å². The highest BCUT2D eigenvalue weighted by Gasteiger charge is 2.11. The second kappa shape index (κ2) is 15.9. The van der Waals surface area contributed by atoms with Crippen LogP contribution < -0.4 is 0 Å². The second-order valence-corrected chi connectivity index (χ2v) is 7.98. The summed E-state index contributed by atoms with van der Waals surface area (Å²) in [5.41, 5.74) is 2.90. The maximum atomic E-state index is 8.63. The fourth-order valence-corrected chi connectivity index (χ4v) is 3.79. The Bertz CT molecular complexity index is 468. The van der Waals surface area contributed by atoms with E-state index >= 15 is 0 Å². The fraction of sp³-hybridized carbons (Fsp3) is 0.720. The van der Waals surface area contributed by atoms with Gasteiger partial charge in [-0.2, -0.15) is 5.26 Å². The molecule has 0 bridgehead atoms. The molecule has 1 atom stereocenters. The zero-order valence-electron chi connectivity index (χ0n) is 17.4. The van der Waals surface area contributed by atoms with Crippen molar-refractivity contribution in [2.45, 2.75) is 116 Å². The van der Waals surface area contributed by atoms with Crippen LogP contribution >= 0.6 is 0 Å². The number of aryl methyl sites for hydroxylation is 1. The summed E-state index contributed by atoms with van der Waals surface area (Å²) in [5.74, 6) is 0.728. The number of hydrogen-bond donors (Lipinski definition) is 0. The molecule has 146 valence electrons. The Kier molecular flexibility index (Phi) is 13.9. The quantitative estimate of drug-likeness (QED) is 0.273. The van der Waals surface area contributed by atoms with E-state index in [-0.39, 0.29) is 0 Å². The molecule has 0 spiro atoms. The molecular weight excluding hydrogens is 314 g/mol. The van der Waals surface area contributed by atoms with E-state index in [0.29, 0.717) is 0 Å². The number of nitrogens with zero attached hydrogens (tertiary/aromatic N) is 1. The highest BCUT2D eigenvalue weighted by molar-refractivity contribution is 5.24. The van der Waals surface area contributed by atoms with Gasteiger partial charge in [-0.25, -0.2) is 0 Å². The molecule has 0 unspecified atom stereocenters. The Morgan fingerprint density at radius 3 is 1.77 bits per heavy atom. The van der Waals surface area contributed by atoms with Crippen LogP contribution in [0.25, 0.3) is 0 Å². The maximum Gasteiger partial charge on any atom is 0.0621 e. The third kappa shape index (κ3) is 11.3. The number of nitriles is 1. The Labute approximate surface area is 163 Å². The van der Waals surface area contributed by atoms with E-state index in [4.69, 9.17) is 5.26 Å². The third-order valence-electron chi connectivity index (χ3n) is 5.55. The Balaban J connectivity index is 2.29. The number of rotatable bonds is 16. The average Bonchev–Trinajstić information content (AvgIpc) is 2.65. The predicted molar refractivity (Wildman–Crippen MR) is 114 cm³/mol. The smallest absolute Gasteiger partial charge is 0.0621 e. The number of unbranched alkanes of at least 4 members (excludes halogenated alkanes) is 11. The fourth-order valence-electron chi connectivity index (χ4n) is 3.79. The first kappa shape index (κ1) is 22.8. The predicted octanol–water partition coefficient (Wildman–Crippen LogP) is 8.47. The monoisotopic (exact) mass is 355 g/mol. The van der Waals surface area contributed by atoms with Gasteiger partial charge in [0.15, 0.2) is 0 Å². The summed E-state index contributed by atoms with van der Waals surface area (Å²) in [6.07, 6.45) is 19.5. The molecule has 0 aliphatic carbocycles. The van der Waals surface area contributed by atoms with Crippen LogP contribution in [0.15, 0.2) is 24.3 Å². The molecule has 1 aromatic carbocycles. The van der Waals surface area contributed by atoms with Gasteiger partial charge in [-0.1, -0.05) is 107 Å². The van der Waals surface area contributed by atoms with Gasteiger partial charge in [-0.15, -0.1) is 0 Å². The molecule has 0 aliphatic rings. The van der Waals surface area contributed by atoms with E-state index in [2.05, 4.69) is 44.2 Å². The largest absolute Gasteiger partial charge is 0.198 e. The van der Waals surface area contributed by atoms with Crippen molar-refractivity contribution in [1.82, 2.24) is 0 Å². The molecule has 0 amide bonds. The van der Waals surface area contributed by atoms with E-state index in [1.807, 2.05) is 0 Å². The molecule has 1 heteroatoms. The lowest BCUT2D eigenvalue weighted by Gasteiger charge is -2.18. The van der Waals surface area contributed by atoms with E-state index in [1.165, 1.54) is 94.6 Å². The van der Waals surface area contributed by atoms with E-state index in [1.54, 1.807) is 0 Å². The second-order valence-electron chi connectivity index (χ2n) is 7.98. The Morgan fingerprint density at radius 1 is 0.731 bits per heavy atom. The van der Waals surface area contributed by atoms with Crippen molar-refractivity contribution in [3.05, 3.63) is 35.4 Å². The van der Waals surface area contributed by atoms with Crippen LogP contribution in [0.3, 0.4) is 0 Å². The highest BCUT2D eigenvalue weighted by atomic mass is 14.2. The topological polar surface area (TPSA) is 23.8 Å². The van der Waals surface area contributed by atoms with Gasteiger partial charge >= 0.3 is 0 Å². The Hall–Kier alpha value is -1.29. The van der Waals surface area contributed by atoms with Crippen LogP contribution in [-0.4, -0.2) is 0 Å². The maximum absolute atomic E-state index is 8.63. The van der Waals surface area contributed by atoms with Crippen molar-refractivity contribution in [2.75, 3.05) is 0 Å². The standard InChI is InChI=1S/C25H41N/c1-3-4-5-6-7-8-10-13-16-24(17-14-11-9-12-15-22-26)25-20-18-23(2)19-21-25/h18-21,24H,3-17H2,1-2H3/t24-/m0/s1. The van der Waals surface area contributed by atoms with Gasteiger partial charge in [0.25, 0.3) is 0 Å². The van der Waals surface area contributed by atoms with Gasteiger partial charge in [0.1, 0.15) is 0 Å². The van der Waals surface area contributed by atoms with Crippen molar-refractivity contribution in [2.24, 2.45) is 0 Å². The van der Waals surface area contributed by atoms with Gasteiger partial charge in [-0.3, -0.25) is 0 Å². The molecule has 0 saturated carbocycles. The van der Waals surface area contributed by atoms with Gasteiger partial charge < -0.3 is 0 Å². The molecule has 0 aliphatic heterocycles. The molecule has 0 N–H and O–H groups in total. The summed E-state index contributed by atoms with van der Waals surface area (Å²) >= 11 is 0. The molecular formula is C25H41N. The van der Waals surface area contributed by atoms with E-state index in [9.17, 15) is 0 Å². The van der Waals surface area contributed by atoms with E-state index in [0.717, 1.165) is 18.8 Å². The minimum absolute atomic E-state index is 0.722. The summed E-state index contributed by atoms with van der Waals surface area (Å²) in [7, 11) is 0. The van der Waals surface area contributed by atoms with Crippen LogP contribution in [0, 0.1) is 18.3 Å². The van der Waals surface area contributed by atoms with Crippen LogP contribution in [0.1, 0.15) is 120 Å². The first-order valence-electron chi connectivity index (χ1n) is 11.2. The summed E-state index contributed by atoms with van der Waals surface area (Å²) in [4.78, 5) is 0. The molecule has 1 nitrogen and oxygen atoms in total. The number of benzene rings is 1. The molecule has 1 aromatic rings. The normalized spacial score (nSPS) is 12.0. The van der Waals surface area contributed by atoms with E-state index < -0.39 is 0 Å². The molecule has 0 saturated heterocycles. The molecule has 1 rings (SSSR count). The van der Waals surface area contributed by atoms with Crippen LogP contribution in [0.2, 0.25) is 0 Å². The third-order valence-corrected chi connectivity index (χ3v) is 5.55. The summed E-state index contributed by atoms with van der Waals surface area (Å²) in [6, 6.07) is 11.5.